The molecule has 0 saturated carbocycles. The van der Waals surface area contributed by atoms with Gasteiger partial charge in [-0.15, -0.1) is 0 Å². The summed E-state index contributed by atoms with van der Waals surface area (Å²) in [6, 6.07) is 8.07. The smallest absolute Gasteiger partial charge is 0.236 e. The average molecular weight is 245 g/mol. The van der Waals surface area contributed by atoms with Crippen molar-refractivity contribution in [3.05, 3.63) is 29.8 Å². The van der Waals surface area contributed by atoms with Crippen LogP contribution in [0.25, 0.3) is 0 Å². The fourth-order valence-electron chi connectivity index (χ4n) is 3.87. The molecule has 1 aromatic rings. The van der Waals surface area contributed by atoms with Crippen LogP contribution < -0.4 is 5.32 Å². The fraction of sp³-hybridized carbons (Fsp3) is 0.562. The van der Waals surface area contributed by atoms with Gasteiger partial charge in [0.05, 0.1) is 5.41 Å². The highest BCUT2D eigenvalue weighted by molar-refractivity contribution is 6.07. The minimum absolute atomic E-state index is 0.128. The van der Waals surface area contributed by atoms with Gasteiger partial charge in [0, 0.05) is 5.69 Å². The van der Waals surface area contributed by atoms with Crippen molar-refractivity contribution in [2.45, 2.75) is 47.0 Å². The number of para-hydroxylation sites is 1. The Balaban J connectivity index is 2.81. The van der Waals surface area contributed by atoms with Crippen molar-refractivity contribution in [1.29, 1.82) is 0 Å². The van der Waals surface area contributed by atoms with E-state index >= 15 is 0 Å². The Morgan fingerprint density at radius 2 is 1.44 bits per heavy atom. The monoisotopic (exact) mass is 245 g/mol. The quantitative estimate of drug-likeness (QED) is 0.736. The summed E-state index contributed by atoms with van der Waals surface area (Å²) in [5.74, 6) is 0.128. The minimum atomic E-state index is -0.489. The maximum absolute atomic E-state index is 12.7. The number of rotatable bonds is 0. The van der Waals surface area contributed by atoms with Crippen LogP contribution in [0.3, 0.4) is 0 Å². The Kier molecular flexibility index (Phi) is 2.62. The Hall–Kier alpha value is -1.31. The standard InChI is InChI=1S/C16H23NO/c1-14(2,3)16(15(4,5)6)11-9-7-8-10-12(11)17-13(16)18/h7-10H,1-6H3,(H,17,18). The number of amides is 1. The molecule has 0 fully saturated rings. The van der Waals surface area contributed by atoms with E-state index < -0.39 is 5.41 Å². The number of carbonyl (C=O) groups excluding carboxylic acids is 1. The van der Waals surface area contributed by atoms with E-state index in [2.05, 4.69) is 52.9 Å². The Morgan fingerprint density at radius 1 is 0.944 bits per heavy atom. The van der Waals surface area contributed by atoms with Gasteiger partial charge in [-0.3, -0.25) is 4.79 Å². The van der Waals surface area contributed by atoms with Crippen LogP contribution in [0.4, 0.5) is 5.69 Å². The molecule has 1 aromatic carbocycles. The number of nitrogens with one attached hydrogen (secondary N) is 1. The Labute approximate surface area is 110 Å². The van der Waals surface area contributed by atoms with E-state index in [0.29, 0.717) is 0 Å². The first-order valence-corrected chi connectivity index (χ1v) is 6.53. The van der Waals surface area contributed by atoms with E-state index in [0.717, 1.165) is 11.3 Å². The van der Waals surface area contributed by atoms with Gasteiger partial charge in [0.25, 0.3) is 0 Å². The zero-order valence-electron chi connectivity index (χ0n) is 12.2. The van der Waals surface area contributed by atoms with Crippen LogP contribution >= 0.6 is 0 Å². The molecule has 2 nitrogen and oxygen atoms in total. The van der Waals surface area contributed by atoms with Crippen molar-refractivity contribution in [1.82, 2.24) is 0 Å². The molecule has 0 bridgehead atoms. The topological polar surface area (TPSA) is 29.1 Å². The van der Waals surface area contributed by atoms with Crippen molar-refractivity contribution in [2.24, 2.45) is 10.8 Å². The molecule has 0 radical (unpaired) electrons. The highest BCUT2D eigenvalue weighted by Gasteiger charge is 2.60. The van der Waals surface area contributed by atoms with E-state index in [1.54, 1.807) is 0 Å². The maximum Gasteiger partial charge on any atom is 0.236 e. The lowest BCUT2D eigenvalue weighted by atomic mass is 9.51. The van der Waals surface area contributed by atoms with Crippen molar-refractivity contribution in [3.63, 3.8) is 0 Å². The second-order valence-electron chi connectivity index (χ2n) is 7.25. The lowest BCUT2D eigenvalue weighted by Crippen LogP contribution is -2.55. The summed E-state index contributed by atoms with van der Waals surface area (Å²) < 4.78 is 0. The van der Waals surface area contributed by atoms with E-state index in [1.165, 1.54) is 0 Å². The zero-order valence-corrected chi connectivity index (χ0v) is 12.2. The normalized spacial score (nSPS) is 18.4. The van der Waals surface area contributed by atoms with Crippen molar-refractivity contribution in [3.8, 4) is 0 Å². The van der Waals surface area contributed by atoms with Crippen molar-refractivity contribution in [2.75, 3.05) is 5.32 Å². The molecule has 2 rings (SSSR count). The van der Waals surface area contributed by atoms with Gasteiger partial charge in [-0.05, 0) is 22.5 Å². The van der Waals surface area contributed by atoms with Crippen LogP contribution in [0.1, 0.15) is 47.1 Å². The molecule has 98 valence electrons. The maximum atomic E-state index is 12.7. The predicted octanol–water partition coefficient (Wildman–Crippen LogP) is 3.97. The van der Waals surface area contributed by atoms with Crippen LogP contribution in [0, 0.1) is 10.8 Å². The second kappa shape index (κ2) is 3.59. The van der Waals surface area contributed by atoms with Gasteiger partial charge in [-0.1, -0.05) is 59.7 Å². The van der Waals surface area contributed by atoms with Crippen molar-refractivity contribution >= 4 is 11.6 Å². The summed E-state index contributed by atoms with van der Waals surface area (Å²) in [4.78, 5) is 12.7. The fourth-order valence-corrected chi connectivity index (χ4v) is 3.87. The molecule has 0 unspecified atom stereocenters. The zero-order chi connectivity index (χ0) is 13.8. The van der Waals surface area contributed by atoms with Gasteiger partial charge in [0.15, 0.2) is 0 Å². The summed E-state index contributed by atoms with van der Waals surface area (Å²) in [6.45, 7) is 12.9. The molecule has 0 spiro atoms. The first kappa shape index (κ1) is 13.1. The Bertz CT molecular complexity index is 475. The van der Waals surface area contributed by atoms with Crippen LogP contribution in [0.15, 0.2) is 24.3 Å². The molecule has 1 aliphatic rings. The van der Waals surface area contributed by atoms with Gasteiger partial charge in [0.1, 0.15) is 0 Å². The predicted molar refractivity (Wildman–Crippen MR) is 75.7 cm³/mol. The van der Waals surface area contributed by atoms with Crippen LogP contribution in [-0.4, -0.2) is 5.91 Å². The summed E-state index contributed by atoms with van der Waals surface area (Å²) in [6.07, 6.45) is 0. The lowest BCUT2D eigenvalue weighted by Gasteiger charge is -2.49. The molecule has 1 amide bonds. The number of anilines is 1. The highest BCUT2D eigenvalue weighted by atomic mass is 16.2. The molecule has 1 heterocycles. The van der Waals surface area contributed by atoms with Crippen LogP contribution in [-0.2, 0) is 10.2 Å². The molecule has 2 heteroatoms. The first-order chi connectivity index (χ1) is 8.12. The molecule has 18 heavy (non-hydrogen) atoms. The first-order valence-electron chi connectivity index (χ1n) is 6.53. The largest absolute Gasteiger partial charge is 0.325 e. The summed E-state index contributed by atoms with van der Waals surface area (Å²) in [5.41, 5.74) is 1.34. The summed E-state index contributed by atoms with van der Waals surface area (Å²) in [7, 11) is 0. The number of hydrogen-bond acceptors (Lipinski definition) is 1. The third-order valence-corrected chi connectivity index (χ3v) is 4.17. The molecule has 0 aromatic heterocycles. The highest BCUT2D eigenvalue weighted by Crippen LogP contribution is 2.58. The number of fused-ring (bicyclic) bond motifs is 1. The number of carbonyl (C=O) groups is 1. The molecular weight excluding hydrogens is 222 g/mol. The third-order valence-electron chi connectivity index (χ3n) is 4.17. The molecule has 1 N–H and O–H groups in total. The van der Waals surface area contributed by atoms with Gasteiger partial charge < -0.3 is 5.32 Å². The third kappa shape index (κ3) is 1.44. The number of hydrogen-bond donors (Lipinski definition) is 1. The molecule has 0 atom stereocenters. The molecule has 0 saturated heterocycles. The van der Waals surface area contributed by atoms with Crippen LogP contribution in [0.5, 0.6) is 0 Å². The molecular formula is C16H23NO. The van der Waals surface area contributed by atoms with E-state index in [-0.39, 0.29) is 16.7 Å². The second-order valence-corrected chi connectivity index (χ2v) is 7.25. The lowest BCUT2D eigenvalue weighted by molar-refractivity contribution is -0.130. The Morgan fingerprint density at radius 3 is 1.94 bits per heavy atom. The number of benzene rings is 1. The molecule has 0 aliphatic carbocycles. The van der Waals surface area contributed by atoms with Gasteiger partial charge >= 0.3 is 0 Å². The van der Waals surface area contributed by atoms with E-state index in [1.807, 2.05) is 18.2 Å². The molecule has 1 aliphatic heterocycles. The van der Waals surface area contributed by atoms with Gasteiger partial charge in [-0.2, -0.15) is 0 Å². The SMILES string of the molecule is CC(C)(C)C1(C(C)(C)C)C(=O)Nc2ccccc21. The summed E-state index contributed by atoms with van der Waals surface area (Å²) in [5, 5.41) is 3.06. The van der Waals surface area contributed by atoms with E-state index in [9.17, 15) is 4.79 Å². The van der Waals surface area contributed by atoms with Crippen molar-refractivity contribution < 1.29 is 4.79 Å². The minimum Gasteiger partial charge on any atom is -0.325 e. The van der Waals surface area contributed by atoms with E-state index in [4.69, 9.17) is 0 Å². The van der Waals surface area contributed by atoms with Gasteiger partial charge in [0.2, 0.25) is 5.91 Å². The average Bonchev–Trinajstić information content (AvgIpc) is 2.47. The summed E-state index contributed by atoms with van der Waals surface area (Å²) >= 11 is 0. The van der Waals surface area contributed by atoms with Crippen LogP contribution in [0.2, 0.25) is 0 Å². The van der Waals surface area contributed by atoms with Gasteiger partial charge in [-0.25, -0.2) is 0 Å².